The van der Waals surface area contributed by atoms with Gasteiger partial charge in [0, 0.05) is 35.6 Å². The Hall–Kier alpha value is -2.52. The fourth-order valence-corrected chi connectivity index (χ4v) is 4.17. The second kappa shape index (κ2) is 8.45. The summed E-state index contributed by atoms with van der Waals surface area (Å²) in [6.45, 7) is 0.982. The summed E-state index contributed by atoms with van der Waals surface area (Å²) in [5.41, 5.74) is 3.99. The van der Waals surface area contributed by atoms with Crippen LogP contribution in [0.25, 0.3) is 10.9 Å². The van der Waals surface area contributed by atoms with E-state index in [1.807, 2.05) is 6.07 Å². The van der Waals surface area contributed by atoms with Crippen molar-refractivity contribution < 1.29 is 4.74 Å². The minimum atomic E-state index is 0.484. The van der Waals surface area contributed by atoms with Gasteiger partial charge >= 0.3 is 0 Å². The zero-order chi connectivity index (χ0) is 18.5. The van der Waals surface area contributed by atoms with Crippen LogP contribution in [0.5, 0.6) is 5.75 Å². The Bertz CT molecular complexity index is 897. The van der Waals surface area contributed by atoms with E-state index < -0.39 is 0 Å². The van der Waals surface area contributed by atoms with Gasteiger partial charge in [0.2, 0.25) is 0 Å². The first-order chi connectivity index (χ1) is 13.3. The molecule has 3 aromatic rings. The molecule has 1 aliphatic heterocycles. The molecule has 1 aliphatic rings. The zero-order valence-corrected chi connectivity index (χ0v) is 15.9. The Labute approximate surface area is 161 Å². The Morgan fingerprint density at radius 3 is 2.81 bits per heavy atom. The van der Waals surface area contributed by atoms with Crippen molar-refractivity contribution in [3.63, 3.8) is 0 Å². The molecule has 3 heteroatoms. The second-order valence-electron chi connectivity index (χ2n) is 7.35. The number of hydrogen-bond donors (Lipinski definition) is 2. The summed E-state index contributed by atoms with van der Waals surface area (Å²) in [6, 6.07) is 17.6. The average molecular weight is 361 g/mol. The van der Waals surface area contributed by atoms with Gasteiger partial charge in [0.25, 0.3) is 0 Å². The topological polar surface area (TPSA) is 37.0 Å². The van der Waals surface area contributed by atoms with E-state index in [4.69, 9.17) is 4.74 Å². The lowest BCUT2D eigenvalue weighted by Crippen LogP contribution is -2.37. The summed E-state index contributed by atoms with van der Waals surface area (Å²) in [6.07, 6.45) is 11.5. The van der Waals surface area contributed by atoms with E-state index in [9.17, 15) is 0 Å². The summed E-state index contributed by atoms with van der Waals surface area (Å²) in [5.74, 6) is 1.41. The van der Waals surface area contributed by atoms with E-state index in [1.165, 1.54) is 41.3 Å². The summed E-state index contributed by atoms with van der Waals surface area (Å²) < 4.78 is 5.38. The summed E-state index contributed by atoms with van der Waals surface area (Å²) >= 11 is 0. The van der Waals surface area contributed by atoms with Gasteiger partial charge in [-0.25, -0.2) is 0 Å². The summed E-state index contributed by atoms with van der Waals surface area (Å²) in [4.78, 5) is 3.38. The van der Waals surface area contributed by atoms with Gasteiger partial charge in [0.1, 0.15) is 5.75 Å². The van der Waals surface area contributed by atoms with E-state index in [2.05, 4.69) is 71.1 Å². The average Bonchev–Trinajstić information content (AvgIpc) is 3.14. The molecule has 2 aromatic carbocycles. The van der Waals surface area contributed by atoms with Crippen LogP contribution < -0.4 is 10.1 Å². The summed E-state index contributed by atoms with van der Waals surface area (Å²) in [7, 11) is 1.72. The maximum absolute atomic E-state index is 5.38. The Balaban J connectivity index is 1.35. The maximum atomic E-state index is 5.38. The number of rotatable bonds is 7. The smallest absolute Gasteiger partial charge is 0.119 e. The molecule has 2 atom stereocenters. The molecule has 4 rings (SSSR count). The molecule has 27 heavy (non-hydrogen) atoms. The van der Waals surface area contributed by atoms with E-state index >= 15 is 0 Å². The molecule has 3 nitrogen and oxygen atoms in total. The largest absolute Gasteiger partial charge is 0.497 e. The van der Waals surface area contributed by atoms with Crippen LogP contribution in [0.4, 0.5) is 0 Å². The Morgan fingerprint density at radius 1 is 1.07 bits per heavy atom. The maximum Gasteiger partial charge on any atom is 0.119 e. The first-order valence-corrected chi connectivity index (χ1v) is 9.94. The number of ether oxygens (including phenoxy) is 1. The van der Waals surface area contributed by atoms with Crippen molar-refractivity contribution in [3.8, 4) is 5.75 Å². The number of aromatic nitrogens is 1. The van der Waals surface area contributed by atoms with Crippen molar-refractivity contribution in [2.75, 3.05) is 13.7 Å². The molecule has 2 heterocycles. The van der Waals surface area contributed by atoms with Crippen LogP contribution in [0.2, 0.25) is 0 Å². The van der Waals surface area contributed by atoms with Gasteiger partial charge in [0.15, 0.2) is 0 Å². The van der Waals surface area contributed by atoms with Gasteiger partial charge in [-0.15, -0.1) is 0 Å². The van der Waals surface area contributed by atoms with Gasteiger partial charge < -0.3 is 15.0 Å². The van der Waals surface area contributed by atoms with Crippen LogP contribution >= 0.6 is 0 Å². The van der Waals surface area contributed by atoms with Crippen LogP contribution in [0.3, 0.4) is 0 Å². The monoisotopic (exact) mass is 360 g/mol. The van der Waals surface area contributed by atoms with E-state index in [1.54, 1.807) is 7.11 Å². The first kappa shape index (κ1) is 17.9. The fraction of sp³-hybridized carbons (Fsp3) is 0.333. The van der Waals surface area contributed by atoms with Crippen molar-refractivity contribution >= 4 is 10.9 Å². The number of fused-ring (bicyclic) bond motifs is 1. The molecule has 0 bridgehead atoms. The van der Waals surface area contributed by atoms with Gasteiger partial charge in [0.05, 0.1) is 7.11 Å². The minimum Gasteiger partial charge on any atom is -0.497 e. The van der Waals surface area contributed by atoms with Crippen LogP contribution in [-0.4, -0.2) is 24.7 Å². The quantitative estimate of drug-likeness (QED) is 0.449. The third-order valence-corrected chi connectivity index (χ3v) is 5.65. The Kier molecular flexibility index (Phi) is 5.59. The third-order valence-electron chi connectivity index (χ3n) is 5.65. The first-order valence-electron chi connectivity index (χ1n) is 9.94. The lowest BCUT2D eigenvalue weighted by atomic mass is 9.86. The van der Waals surface area contributed by atoms with Crippen LogP contribution in [0, 0.1) is 0 Å². The molecule has 0 fully saturated rings. The van der Waals surface area contributed by atoms with Crippen LogP contribution in [-0.2, 0) is 6.42 Å². The number of unbranched alkanes of at least 4 members (excludes halogenated alkanes) is 1. The van der Waals surface area contributed by atoms with E-state index in [-0.39, 0.29) is 0 Å². The predicted octanol–water partition coefficient (Wildman–Crippen LogP) is 5.20. The molecule has 0 spiro atoms. The number of methoxy groups -OCH3 is 1. The van der Waals surface area contributed by atoms with Gasteiger partial charge in [-0.05, 0) is 48.6 Å². The number of H-pyrrole nitrogens is 1. The third kappa shape index (κ3) is 4.09. The standard InChI is InChI=1S/C24H28N2O/c1-27-20-13-14-24-22(16-20)19(17-26-24)10-5-6-12-23-21(11-7-15-25-23)18-8-3-2-4-9-18/h2-4,7-9,11,13-14,16-17,21,23,25-26H,5-6,10,12,15H2,1H3. The van der Waals surface area contributed by atoms with Gasteiger partial charge in [-0.1, -0.05) is 48.9 Å². The number of aromatic amines is 1. The van der Waals surface area contributed by atoms with E-state index in [0.717, 1.165) is 18.7 Å². The number of benzene rings is 2. The molecule has 2 N–H and O–H groups in total. The highest BCUT2D eigenvalue weighted by Gasteiger charge is 2.22. The normalized spacial score (nSPS) is 19.4. The molecule has 0 radical (unpaired) electrons. The van der Waals surface area contributed by atoms with Crippen LogP contribution in [0.15, 0.2) is 66.9 Å². The molecule has 0 aliphatic carbocycles. The van der Waals surface area contributed by atoms with Gasteiger partial charge in [-0.3, -0.25) is 0 Å². The molecule has 0 saturated heterocycles. The highest BCUT2D eigenvalue weighted by molar-refractivity contribution is 5.84. The number of aryl methyl sites for hydroxylation is 1. The molecule has 0 amide bonds. The van der Waals surface area contributed by atoms with Gasteiger partial charge in [-0.2, -0.15) is 0 Å². The predicted molar refractivity (Wildman–Crippen MR) is 113 cm³/mol. The molecule has 140 valence electrons. The summed E-state index contributed by atoms with van der Waals surface area (Å²) in [5, 5.41) is 4.98. The molecular weight excluding hydrogens is 332 g/mol. The van der Waals surface area contributed by atoms with Crippen molar-refractivity contribution in [1.82, 2.24) is 10.3 Å². The van der Waals surface area contributed by atoms with E-state index in [0.29, 0.717) is 12.0 Å². The lowest BCUT2D eigenvalue weighted by molar-refractivity contribution is 0.415. The zero-order valence-electron chi connectivity index (χ0n) is 15.9. The Morgan fingerprint density at radius 2 is 1.96 bits per heavy atom. The van der Waals surface area contributed by atoms with Crippen LogP contribution in [0.1, 0.15) is 36.3 Å². The highest BCUT2D eigenvalue weighted by atomic mass is 16.5. The van der Waals surface area contributed by atoms with Crippen molar-refractivity contribution in [2.45, 2.75) is 37.6 Å². The number of hydrogen-bond acceptors (Lipinski definition) is 2. The minimum absolute atomic E-state index is 0.484. The fourth-order valence-electron chi connectivity index (χ4n) is 4.17. The molecule has 1 aromatic heterocycles. The van der Waals surface area contributed by atoms with Crippen molar-refractivity contribution in [2.24, 2.45) is 0 Å². The van der Waals surface area contributed by atoms with Crippen molar-refractivity contribution in [1.29, 1.82) is 0 Å². The number of nitrogens with one attached hydrogen (secondary N) is 2. The second-order valence-corrected chi connectivity index (χ2v) is 7.35. The molecule has 0 saturated carbocycles. The highest BCUT2D eigenvalue weighted by Crippen LogP contribution is 2.28. The SMILES string of the molecule is COc1ccc2[nH]cc(CCCCC3NCC=CC3c3ccccc3)c2c1. The lowest BCUT2D eigenvalue weighted by Gasteiger charge is -2.29. The molecular formula is C24H28N2O. The molecule has 2 unspecified atom stereocenters. The van der Waals surface area contributed by atoms with Crippen molar-refractivity contribution in [3.05, 3.63) is 78.0 Å².